The average Bonchev–Trinajstić information content (AvgIpc) is 2.68. The van der Waals surface area contributed by atoms with Crippen LogP contribution in [0.15, 0.2) is 51.8 Å². The molecule has 0 aliphatic rings. The molecule has 0 heterocycles. The highest BCUT2D eigenvalue weighted by Crippen LogP contribution is 2.67. The standard InChI is InChI=1S/C20H24BrF2O4PS/c1-4-26-28(24,27-5-2)20(22,23)18-11-8-16(12-19(18)21)14-25-13-15-6-9-17(29-3)10-7-15/h6-12H,4-5,13-14H2,1-3H3. The monoisotopic (exact) mass is 508 g/mol. The summed E-state index contributed by atoms with van der Waals surface area (Å²) in [7, 11) is -4.65. The maximum atomic E-state index is 14.9. The van der Waals surface area contributed by atoms with Gasteiger partial charge in [-0.1, -0.05) is 40.2 Å². The summed E-state index contributed by atoms with van der Waals surface area (Å²) in [6, 6.07) is 12.3. The third-order valence-electron chi connectivity index (χ3n) is 4.00. The van der Waals surface area contributed by atoms with Gasteiger partial charge in [-0.15, -0.1) is 11.8 Å². The quantitative estimate of drug-likeness (QED) is 0.237. The Bertz CT molecular complexity index is 839. The van der Waals surface area contributed by atoms with Crippen molar-refractivity contribution < 1.29 is 27.1 Å². The molecule has 9 heteroatoms. The van der Waals surface area contributed by atoms with E-state index in [0.717, 1.165) is 5.56 Å². The number of rotatable bonds is 11. The van der Waals surface area contributed by atoms with Crippen LogP contribution in [-0.2, 0) is 37.2 Å². The molecule has 0 saturated heterocycles. The molecular formula is C20H24BrF2O4PS. The van der Waals surface area contributed by atoms with Gasteiger partial charge < -0.3 is 13.8 Å². The molecule has 2 rings (SSSR count). The molecule has 2 aromatic carbocycles. The summed E-state index contributed by atoms with van der Waals surface area (Å²) in [4.78, 5) is 1.17. The second kappa shape index (κ2) is 11.0. The third-order valence-corrected chi connectivity index (χ3v) is 7.52. The van der Waals surface area contributed by atoms with E-state index < -0.39 is 18.8 Å². The lowest BCUT2D eigenvalue weighted by Crippen LogP contribution is -2.19. The number of thioether (sulfide) groups is 1. The summed E-state index contributed by atoms with van der Waals surface area (Å²) in [5.41, 5.74) is -2.49. The summed E-state index contributed by atoms with van der Waals surface area (Å²) in [6.07, 6.45) is 2.01. The van der Waals surface area contributed by atoms with Crippen molar-refractivity contribution >= 4 is 35.3 Å². The Morgan fingerprint density at radius 2 is 1.55 bits per heavy atom. The Kier molecular flexibility index (Phi) is 9.32. The van der Waals surface area contributed by atoms with Crippen LogP contribution in [0.1, 0.15) is 30.5 Å². The van der Waals surface area contributed by atoms with Crippen molar-refractivity contribution in [1.29, 1.82) is 0 Å². The lowest BCUT2D eigenvalue weighted by Gasteiger charge is -2.26. The van der Waals surface area contributed by atoms with Gasteiger partial charge in [0.1, 0.15) is 0 Å². The lowest BCUT2D eigenvalue weighted by molar-refractivity contribution is 0.0354. The number of hydrogen-bond donors (Lipinski definition) is 0. The minimum Gasteiger partial charge on any atom is -0.372 e. The molecule has 160 valence electrons. The molecule has 29 heavy (non-hydrogen) atoms. The molecule has 0 radical (unpaired) electrons. The van der Waals surface area contributed by atoms with Gasteiger partial charge in [0, 0.05) is 14.9 Å². The van der Waals surface area contributed by atoms with Gasteiger partial charge in [-0.05, 0) is 49.4 Å². The lowest BCUT2D eigenvalue weighted by atomic mass is 10.1. The van der Waals surface area contributed by atoms with Crippen LogP contribution in [-0.4, -0.2) is 19.5 Å². The number of alkyl halides is 2. The molecule has 0 N–H and O–H groups in total. The van der Waals surface area contributed by atoms with Crippen LogP contribution in [0, 0.1) is 0 Å². The van der Waals surface area contributed by atoms with Crippen molar-refractivity contribution in [2.24, 2.45) is 0 Å². The fourth-order valence-electron chi connectivity index (χ4n) is 2.59. The molecule has 0 aliphatic heterocycles. The Morgan fingerprint density at radius 3 is 2.07 bits per heavy atom. The predicted molar refractivity (Wildman–Crippen MR) is 116 cm³/mol. The van der Waals surface area contributed by atoms with Crippen molar-refractivity contribution in [3.63, 3.8) is 0 Å². The SMILES string of the molecule is CCOP(=O)(OCC)C(F)(F)c1ccc(COCc2ccc(SC)cc2)cc1Br. The van der Waals surface area contributed by atoms with E-state index in [-0.39, 0.29) is 24.3 Å². The number of ether oxygens (including phenoxy) is 1. The number of benzene rings is 2. The summed E-state index contributed by atoms with van der Waals surface area (Å²) in [6.45, 7) is 3.36. The average molecular weight is 509 g/mol. The fraction of sp³-hybridized carbons (Fsp3) is 0.400. The van der Waals surface area contributed by atoms with Crippen LogP contribution in [0.4, 0.5) is 8.78 Å². The number of halogens is 3. The third kappa shape index (κ3) is 6.12. The minimum absolute atomic E-state index is 0.118. The van der Waals surface area contributed by atoms with Crippen molar-refractivity contribution in [1.82, 2.24) is 0 Å². The first-order chi connectivity index (χ1) is 13.8. The van der Waals surface area contributed by atoms with Crippen LogP contribution in [0.5, 0.6) is 0 Å². The molecule has 4 nitrogen and oxygen atoms in total. The molecule has 2 aromatic rings. The summed E-state index contributed by atoms with van der Waals surface area (Å²) in [5, 5.41) is 0. The van der Waals surface area contributed by atoms with E-state index in [1.807, 2.05) is 30.5 Å². The van der Waals surface area contributed by atoms with Crippen LogP contribution in [0.3, 0.4) is 0 Å². The second-order valence-electron chi connectivity index (χ2n) is 6.03. The maximum Gasteiger partial charge on any atom is 0.404 e. The van der Waals surface area contributed by atoms with Gasteiger partial charge in [-0.2, -0.15) is 8.78 Å². The maximum absolute atomic E-state index is 14.9. The zero-order valence-corrected chi connectivity index (χ0v) is 19.8. The first kappa shape index (κ1) is 24.5. The first-order valence-corrected chi connectivity index (χ1v) is 12.6. The Labute approximate surface area is 183 Å². The van der Waals surface area contributed by atoms with Gasteiger partial charge in [-0.25, -0.2) is 0 Å². The molecule has 0 fully saturated rings. The van der Waals surface area contributed by atoms with Gasteiger partial charge in [-0.3, -0.25) is 4.57 Å². The Hall–Kier alpha value is -0.760. The number of hydrogen-bond acceptors (Lipinski definition) is 5. The van der Waals surface area contributed by atoms with Crippen molar-refractivity contribution in [2.75, 3.05) is 19.5 Å². The van der Waals surface area contributed by atoms with Crippen LogP contribution in [0.2, 0.25) is 0 Å². The molecule has 0 atom stereocenters. The van der Waals surface area contributed by atoms with Gasteiger partial charge in [0.05, 0.1) is 26.4 Å². The summed E-state index contributed by atoms with van der Waals surface area (Å²) in [5.74, 6) is 0. The van der Waals surface area contributed by atoms with Crippen molar-refractivity contribution in [3.05, 3.63) is 63.6 Å². The topological polar surface area (TPSA) is 44.8 Å². The molecular weight excluding hydrogens is 485 g/mol. The van der Waals surface area contributed by atoms with E-state index >= 15 is 0 Å². The largest absolute Gasteiger partial charge is 0.404 e. The Balaban J connectivity index is 2.09. The van der Waals surface area contributed by atoms with E-state index in [1.165, 1.54) is 36.9 Å². The molecule has 0 bridgehead atoms. The van der Waals surface area contributed by atoms with Crippen LogP contribution in [0.25, 0.3) is 0 Å². The van der Waals surface area contributed by atoms with E-state index in [2.05, 4.69) is 15.9 Å². The highest BCUT2D eigenvalue weighted by atomic mass is 79.9. The van der Waals surface area contributed by atoms with Crippen LogP contribution < -0.4 is 0 Å². The van der Waals surface area contributed by atoms with Gasteiger partial charge >= 0.3 is 13.3 Å². The molecule has 0 saturated carbocycles. The van der Waals surface area contributed by atoms with Gasteiger partial charge in [0.25, 0.3) is 0 Å². The van der Waals surface area contributed by atoms with E-state index in [0.29, 0.717) is 12.2 Å². The van der Waals surface area contributed by atoms with Gasteiger partial charge in [0.2, 0.25) is 0 Å². The molecule has 0 aliphatic carbocycles. The minimum atomic E-state index is -4.65. The molecule has 0 spiro atoms. The van der Waals surface area contributed by atoms with Crippen LogP contribution >= 0.6 is 35.3 Å². The normalized spacial score (nSPS) is 12.3. The smallest absolute Gasteiger partial charge is 0.372 e. The zero-order chi connectivity index (χ0) is 21.5. The molecule has 0 aromatic heterocycles. The van der Waals surface area contributed by atoms with E-state index in [4.69, 9.17) is 13.8 Å². The fourth-order valence-corrected chi connectivity index (χ4v) is 5.39. The predicted octanol–water partition coefficient (Wildman–Crippen LogP) is 7.20. The molecule has 0 unspecified atom stereocenters. The second-order valence-corrected chi connectivity index (χ2v) is 9.84. The summed E-state index contributed by atoms with van der Waals surface area (Å²) >= 11 is 4.83. The zero-order valence-electron chi connectivity index (χ0n) is 16.5. The highest BCUT2D eigenvalue weighted by Gasteiger charge is 2.55. The van der Waals surface area contributed by atoms with E-state index in [1.54, 1.807) is 11.8 Å². The molecule has 0 amide bonds. The van der Waals surface area contributed by atoms with Gasteiger partial charge in [0.15, 0.2) is 0 Å². The first-order valence-electron chi connectivity index (χ1n) is 9.04. The van der Waals surface area contributed by atoms with E-state index in [9.17, 15) is 13.3 Å². The van der Waals surface area contributed by atoms with Crippen molar-refractivity contribution in [2.45, 2.75) is 37.6 Å². The Morgan fingerprint density at radius 1 is 1.00 bits per heavy atom. The highest BCUT2D eigenvalue weighted by molar-refractivity contribution is 9.10. The van der Waals surface area contributed by atoms with Crippen molar-refractivity contribution in [3.8, 4) is 0 Å². The summed E-state index contributed by atoms with van der Waals surface area (Å²) < 4.78 is 58.0.